The first-order valence-electron chi connectivity index (χ1n) is 2.11. The third-order valence-corrected chi connectivity index (χ3v) is 0.500. The van der Waals surface area contributed by atoms with Crippen molar-refractivity contribution in [2.45, 2.75) is 26.7 Å². The molecule has 0 aliphatic rings. The van der Waals surface area contributed by atoms with Gasteiger partial charge < -0.3 is 4.55 Å². The molecule has 0 unspecified atom stereocenters. The lowest BCUT2D eigenvalue weighted by Crippen LogP contribution is -1.47. The van der Waals surface area contributed by atoms with Crippen LogP contribution in [0.25, 0.3) is 0 Å². The lowest BCUT2D eigenvalue weighted by molar-refractivity contribution is 0.679. The minimum absolute atomic E-state index is 1.32. The monoisotopic (exact) mass is 108 g/mol. The second kappa shape index (κ2) is 18.5. The number of unbranched alkanes of at least 4 members (excludes halogenated alkanes) is 1. The van der Waals surface area contributed by atoms with Crippen LogP contribution in [-0.4, -0.2) is 4.55 Å². The van der Waals surface area contributed by atoms with Crippen LogP contribution in [0.15, 0.2) is 0 Å². The van der Waals surface area contributed by atoms with E-state index >= 15 is 0 Å². The van der Waals surface area contributed by atoms with Gasteiger partial charge in [-0.05, 0) is 12.9 Å². The van der Waals surface area contributed by atoms with Crippen LogP contribution in [0, 0.1) is 0 Å². The van der Waals surface area contributed by atoms with Gasteiger partial charge in [-0.2, -0.15) is 0 Å². The number of rotatable bonds is 1. The molecule has 0 aromatic carbocycles. The van der Waals surface area contributed by atoms with Gasteiger partial charge in [0.05, 0.1) is 0 Å². The summed E-state index contributed by atoms with van der Waals surface area (Å²) in [4.78, 5) is 0. The van der Waals surface area contributed by atoms with Gasteiger partial charge in [0.1, 0.15) is 0 Å². The molecule has 0 spiro atoms. The van der Waals surface area contributed by atoms with Gasteiger partial charge in [0.25, 0.3) is 0 Å². The standard InChI is InChI=1S/C4H10.H2OS/c1-3-4-2;1-2/h3-4H2,1-2H3;1-2H. The second-order valence-electron chi connectivity index (χ2n) is 1.000. The van der Waals surface area contributed by atoms with Gasteiger partial charge in [0, 0.05) is 0 Å². The van der Waals surface area contributed by atoms with Gasteiger partial charge in [-0.3, -0.25) is 0 Å². The molecule has 0 saturated heterocycles. The number of thiol groups is 1. The highest BCUT2D eigenvalue weighted by molar-refractivity contribution is 7.74. The molecule has 2 heteroatoms. The Bertz CT molecular complexity index is 9.51. The van der Waals surface area contributed by atoms with Gasteiger partial charge in [-0.15, -0.1) is 0 Å². The maximum absolute atomic E-state index is 6.69. The molecule has 40 valence electrons. The molecule has 0 amide bonds. The molecule has 0 fully saturated rings. The summed E-state index contributed by atoms with van der Waals surface area (Å²) in [6.45, 7) is 4.36. The topological polar surface area (TPSA) is 20.2 Å². The predicted octanol–water partition coefficient (Wildman–Crippen LogP) is 2.20. The Morgan fingerprint density at radius 1 is 1.17 bits per heavy atom. The first-order valence-corrected chi connectivity index (χ1v) is 2.51. The second-order valence-corrected chi connectivity index (χ2v) is 1.000. The van der Waals surface area contributed by atoms with Crippen LogP contribution in [0.4, 0.5) is 0 Å². The summed E-state index contributed by atoms with van der Waals surface area (Å²) in [5.41, 5.74) is 0. The predicted molar refractivity (Wildman–Crippen MR) is 32.2 cm³/mol. The van der Waals surface area contributed by atoms with Gasteiger partial charge in [0.2, 0.25) is 0 Å². The van der Waals surface area contributed by atoms with Crippen molar-refractivity contribution in [3.63, 3.8) is 0 Å². The molecule has 1 N–H and O–H groups in total. The maximum Gasteiger partial charge on any atom is -0.0295 e. The van der Waals surface area contributed by atoms with E-state index in [-0.39, 0.29) is 0 Å². The van der Waals surface area contributed by atoms with E-state index in [1.807, 2.05) is 0 Å². The maximum atomic E-state index is 6.69. The third-order valence-electron chi connectivity index (χ3n) is 0.500. The third kappa shape index (κ3) is 27.5. The summed E-state index contributed by atoms with van der Waals surface area (Å²) >= 11 is 2.53. The molecule has 0 bridgehead atoms. The van der Waals surface area contributed by atoms with E-state index in [2.05, 4.69) is 26.8 Å². The number of hydrogen-bond donors (Lipinski definition) is 2. The molecule has 0 aliphatic carbocycles. The molecule has 0 rings (SSSR count). The molecular weight excluding hydrogens is 96.1 g/mol. The SMILES string of the molecule is CCCC.OS. The zero-order valence-electron chi connectivity index (χ0n) is 4.31. The summed E-state index contributed by atoms with van der Waals surface area (Å²) in [7, 11) is 0. The van der Waals surface area contributed by atoms with Crippen LogP contribution in [-0.2, 0) is 0 Å². The molecule has 6 heavy (non-hydrogen) atoms. The summed E-state index contributed by atoms with van der Waals surface area (Å²) in [6, 6.07) is 0. The Balaban J connectivity index is 0. The van der Waals surface area contributed by atoms with E-state index in [9.17, 15) is 0 Å². The van der Waals surface area contributed by atoms with Crippen molar-refractivity contribution in [1.82, 2.24) is 0 Å². The summed E-state index contributed by atoms with van der Waals surface area (Å²) in [6.07, 6.45) is 2.64. The highest BCUT2D eigenvalue weighted by Gasteiger charge is 1.56. The van der Waals surface area contributed by atoms with E-state index in [4.69, 9.17) is 4.55 Å². The lowest BCUT2D eigenvalue weighted by atomic mass is 10.4. The largest absolute Gasteiger partial charge is 0.333 e. The van der Waals surface area contributed by atoms with Crippen molar-refractivity contribution >= 4 is 12.9 Å². The molecule has 0 aromatic heterocycles. The highest BCUT2D eigenvalue weighted by atomic mass is 32.1. The van der Waals surface area contributed by atoms with E-state index in [1.165, 1.54) is 12.8 Å². The zero-order valence-corrected chi connectivity index (χ0v) is 5.20. The normalized spacial score (nSPS) is 6.00. The van der Waals surface area contributed by atoms with Crippen LogP contribution in [0.2, 0.25) is 0 Å². The average Bonchev–Trinajstić information content (AvgIpc) is 1.72. The Hall–Kier alpha value is 0.310. The molecule has 0 radical (unpaired) electrons. The van der Waals surface area contributed by atoms with E-state index in [0.29, 0.717) is 0 Å². The Morgan fingerprint density at radius 2 is 1.33 bits per heavy atom. The van der Waals surface area contributed by atoms with Gasteiger partial charge in [-0.25, -0.2) is 0 Å². The van der Waals surface area contributed by atoms with Crippen LogP contribution in [0.1, 0.15) is 26.7 Å². The fourth-order valence-electron chi connectivity index (χ4n) is 0. The van der Waals surface area contributed by atoms with Crippen molar-refractivity contribution in [1.29, 1.82) is 0 Å². The van der Waals surface area contributed by atoms with E-state index in [1.54, 1.807) is 0 Å². The first kappa shape index (κ1) is 9.58. The van der Waals surface area contributed by atoms with Crippen molar-refractivity contribution in [3.05, 3.63) is 0 Å². The minimum Gasteiger partial charge on any atom is -0.333 e. The molecule has 0 aromatic rings. The average molecular weight is 108 g/mol. The Kier molecular flexibility index (Phi) is 29.5. The quantitative estimate of drug-likeness (QED) is 0.390. The van der Waals surface area contributed by atoms with Crippen molar-refractivity contribution < 1.29 is 4.55 Å². The minimum atomic E-state index is 1.32. The van der Waals surface area contributed by atoms with E-state index < -0.39 is 0 Å². The van der Waals surface area contributed by atoms with Crippen molar-refractivity contribution in [2.24, 2.45) is 0 Å². The fourth-order valence-corrected chi connectivity index (χ4v) is 0. The van der Waals surface area contributed by atoms with Crippen molar-refractivity contribution in [3.8, 4) is 0 Å². The molecule has 0 saturated carbocycles. The molecule has 1 nitrogen and oxygen atoms in total. The van der Waals surface area contributed by atoms with Crippen LogP contribution < -0.4 is 0 Å². The fraction of sp³-hybridized carbons (Fsp3) is 1.00. The van der Waals surface area contributed by atoms with Crippen LogP contribution >= 0.6 is 12.9 Å². The Morgan fingerprint density at radius 3 is 1.33 bits per heavy atom. The lowest BCUT2D eigenvalue weighted by Gasteiger charge is -1.68. The smallest absolute Gasteiger partial charge is 0.0295 e. The molecule has 0 aliphatic heterocycles. The molecule has 0 heterocycles. The van der Waals surface area contributed by atoms with Crippen LogP contribution in [0.5, 0.6) is 0 Å². The molecular formula is C4H12OS. The summed E-state index contributed by atoms with van der Waals surface area (Å²) in [5.74, 6) is 0. The van der Waals surface area contributed by atoms with E-state index in [0.717, 1.165) is 0 Å². The first-order chi connectivity index (χ1) is 2.91. The Labute approximate surface area is 45.0 Å². The zero-order chi connectivity index (χ0) is 5.41. The van der Waals surface area contributed by atoms with Gasteiger partial charge in [-0.1, -0.05) is 26.7 Å². The molecule has 0 atom stereocenters. The van der Waals surface area contributed by atoms with Gasteiger partial charge in [0.15, 0.2) is 0 Å². The van der Waals surface area contributed by atoms with Crippen molar-refractivity contribution in [2.75, 3.05) is 0 Å². The number of hydrogen-bond acceptors (Lipinski definition) is 2. The van der Waals surface area contributed by atoms with Crippen LogP contribution in [0.3, 0.4) is 0 Å². The highest BCUT2D eigenvalue weighted by Crippen LogP contribution is 1.76. The summed E-state index contributed by atoms with van der Waals surface area (Å²) in [5, 5.41) is 0. The summed E-state index contributed by atoms with van der Waals surface area (Å²) < 4.78 is 6.69. The van der Waals surface area contributed by atoms with Gasteiger partial charge >= 0.3 is 0 Å².